The van der Waals surface area contributed by atoms with E-state index < -0.39 is 11.7 Å². The lowest BCUT2D eigenvalue weighted by Crippen LogP contribution is -2.57. The lowest BCUT2D eigenvalue weighted by Gasteiger charge is -2.54. The molecule has 2 heterocycles. The van der Waals surface area contributed by atoms with Gasteiger partial charge in [-0.1, -0.05) is 19.4 Å². The maximum Gasteiger partial charge on any atom is 0.336 e. The van der Waals surface area contributed by atoms with Crippen LogP contribution in [0.5, 0.6) is 0 Å². The van der Waals surface area contributed by atoms with Gasteiger partial charge in [0.2, 0.25) is 0 Å². The predicted octanol–water partition coefficient (Wildman–Crippen LogP) is 2.96. The van der Waals surface area contributed by atoms with E-state index in [2.05, 4.69) is 13.8 Å². The van der Waals surface area contributed by atoms with Crippen LogP contribution in [0.1, 0.15) is 59.3 Å². The molecule has 2 aliphatic heterocycles. The summed E-state index contributed by atoms with van der Waals surface area (Å²) in [6, 6.07) is 0. The smallest absolute Gasteiger partial charge is 0.336 e. The van der Waals surface area contributed by atoms with E-state index in [9.17, 15) is 19.8 Å². The summed E-state index contributed by atoms with van der Waals surface area (Å²) in [5.41, 5.74) is 0.864. The molecule has 33 heavy (non-hydrogen) atoms. The molecule has 2 N–H and O–H groups in total. The molecule has 0 aromatic rings. The van der Waals surface area contributed by atoms with Crippen molar-refractivity contribution in [3.05, 3.63) is 23.3 Å². The van der Waals surface area contributed by atoms with Crippen LogP contribution in [0.15, 0.2) is 23.3 Å². The molecule has 6 heteroatoms. The van der Waals surface area contributed by atoms with Gasteiger partial charge in [-0.25, -0.2) is 4.79 Å². The van der Waals surface area contributed by atoms with Gasteiger partial charge in [0.15, 0.2) is 5.78 Å². The molecule has 1 saturated heterocycles. The van der Waals surface area contributed by atoms with Gasteiger partial charge in [0, 0.05) is 6.42 Å². The van der Waals surface area contributed by atoms with E-state index in [1.54, 1.807) is 12.2 Å². The van der Waals surface area contributed by atoms with Gasteiger partial charge in [0.25, 0.3) is 0 Å². The molecule has 0 bridgehead atoms. The summed E-state index contributed by atoms with van der Waals surface area (Å²) in [5, 5.41) is 20.2. The summed E-state index contributed by atoms with van der Waals surface area (Å²) in [5.74, 6) is 1.55. The lowest BCUT2D eigenvalue weighted by molar-refractivity contribution is -0.152. The molecule has 0 amide bonds. The lowest BCUT2D eigenvalue weighted by atomic mass is 9.49. The molecule has 0 aromatic carbocycles. The van der Waals surface area contributed by atoms with Crippen molar-refractivity contribution in [2.45, 2.75) is 83.2 Å². The van der Waals surface area contributed by atoms with E-state index in [4.69, 9.17) is 9.47 Å². The molecular weight excluding hydrogens is 420 g/mol. The third-order valence-corrected chi connectivity index (χ3v) is 10.9. The topological polar surface area (TPSA) is 96.4 Å². The number of carbonyl (C=O) groups is 2. The second kappa shape index (κ2) is 7.25. The normalized spacial score (nSPS) is 51.3. The maximum absolute atomic E-state index is 13.0. The summed E-state index contributed by atoms with van der Waals surface area (Å²) < 4.78 is 12.0. The van der Waals surface area contributed by atoms with E-state index in [0.29, 0.717) is 29.7 Å². The Morgan fingerprint density at radius 1 is 1.21 bits per heavy atom. The van der Waals surface area contributed by atoms with Crippen molar-refractivity contribution in [2.75, 3.05) is 6.61 Å². The monoisotopic (exact) mass is 456 g/mol. The van der Waals surface area contributed by atoms with Gasteiger partial charge in [-0.15, -0.1) is 0 Å². The molecule has 11 atom stereocenters. The van der Waals surface area contributed by atoms with Crippen LogP contribution in [0, 0.1) is 40.9 Å². The largest absolute Gasteiger partial charge is 0.458 e. The van der Waals surface area contributed by atoms with Crippen LogP contribution in [0.25, 0.3) is 0 Å². The zero-order chi connectivity index (χ0) is 23.3. The number of esters is 1. The van der Waals surface area contributed by atoms with Gasteiger partial charge in [-0.05, 0) is 86.2 Å². The van der Waals surface area contributed by atoms with Crippen molar-refractivity contribution in [1.29, 1.82) is 0 Å². The van der Waals surface area contributed by atoms with Crippen molar-refractivity contribution in [2.24, 2.45) is 40.9 Å². The second-order valence-corrected chi connectivity index (χ2v) is 12.0. The van der Waals surface area contributed by atoms with Gasteiger partial charge in [-0.3, -0.25) is 4.79 Å². The molecule has 6 nitrogen and oxygen atoms in total. The standard InChI is InChI=1S/C27H36O6/c1-13-10-21(32-25(31)17(13)12-28)14(2)18-4-5-19-16-11-23-27(33-23)22(30)7-6-20(29)24(27)15(16)8-9-26(18,19)3/h6-7,14-16,18-19,21-24,28,30H,4-5,8-12H2,1-3H3/t14-,15-,16+,18?,19-,21+,22-,23+,24?,26+,27+/m0/s1. The van der Waals surface area contributed by atoms with Crippen molar-refractivity contribution in [3.8, 4) is 0 Å². The van der Waals surface area contributed by atoms with Crippen LogP contribution in [0.2, 0.25) is 0 Å². The first kappa shape index (κ1) is 22.0. The minimum absolute atomic E-state index is 0.00420. The summed E-state index contributed by atoms with van der Waals surface area (Å²) >= 11 is 0. The summed E-state index contributed by atoms with van der Waals surface area (Å²) in [7, 11) is 0. The van der Waals surface area contributed by atoms with E-state index in [1.165, 1.54) is 0 Å². The first-order valence-corrected chi connectivity index (χ1v) is 12.8. The molecule has 0 radical (unpaired) electrons. The molecule has 4 aliphatic carbocycles. The Bertz CT molecular complexity index is 952. The van der Waals surface area contributed by atoms with E-state index in [1.807, 2.05) is 6.92 Å². The quantitative estimate of drug-likeness (QED) is 0.501. The molecule has 3 saturated carbocycles. The van der Waals surface area contributed by atoms with Gasteiger partial charge >= 0.3 is 5.97 Å². The molecular formula is C27H36O6. The van der Waals surface area contributed by atoms with Crippen LogP contribution in [0.3, 0.4) is 0 Å². The number of aliphatic hydroxyl groups is 2. The highest BCUT2D eigenvalue weighted by Crippen LogP contribution is 2.69. The van der Waals surface area contributed by atoms with Crippen LogP contribution in [-0.4, -0.2) is 52.5 Å². The number of ketones is 1. The van der Waals surface area contributed by atoms with Gasteiger partial charge in [0.05, 0.1) is 24.2 Å². The van der Waals surface area contributed by atoms with Crippen molar-refractivity contribution in [3.63, 3.8) is 0 Å². The Kier molecular flexibility index (Phi) is 4.83. The number of carbonyl (C=O) groups excluding carboxylic acids is 2. The zero-order valence-electron chi connectivity index (χ0n) is 19.8. The first-order valence-electron chi connectivity index (χ1n) is 12.8. The predicted molar refractivity (Wildman–Crippen MR) is 120 cm³/mol. The van der Waals surface area contributed by atoms with Crippen LogP contribution in [-0.2, 0) is 19.1 Å². The number of epoxide rings is 1. The highest BCUT2D eigenvalue weighted by Gasteiger charge is 2.75. The Morgan fingerprint density at radius 3 is 2.73 bits per heavy atom. The van der Waals surface area contributed by atoms with Crippen LogP contribution in [0.4, 0.5) is 0 Å². The number of ether oxygens (including phenoxy) is 2. The van der Waals surface area contributed by atoms with Gasteiger partial charge < -0.3 is 19.7 Å². The molecule has 6 aliphatic rings. The van der Waals surface area contributed by atoms with E-state index >= 15 is 0 Å². The molecule has 6 rings (SSSR count). The van der Waals surface area contributed by atoms with Crippen molar-refractivity contribution >= 4 is 11.8 Å². The molecule has 2 unspecified atom stereocenters. The van der Waals surface area contributed by atoms with Crippen molar-refractivity contribution < 1.29 is 29.3 Å². The fraction of sp³-hybridized carbons (Fsp3) is 0.778. The Balaban J connectivity index is 1.24. The highest BCUT2D eigenvalue weighted by molar-refractivity contribution is 5.95. The number of cyclic esters (lactones) is 1. The van der Waals surface area contributed by atoms with Gasteiger partial charge in [0.1, 0.15) is 17.8 Å². The molecule has 0 aromatic heterocycles. The van der Waals surface area contributed by atoms with Crippen molar-refractivity contribution in [1.82, 2.24) is 0 Å². The highest BCUT2D eigenvalue weighted by atomic mass is 16.6. The average molecular weight is 457 g/mol. The van der Waals surface area contributed by atoms with Crippen LogP contribution < -0.4 is 0 Å². The first-order chi connectivity index (χ1) is 15.7. The number of hydrogen-bond acceptors (Lipinski definition) is 6. The SMILES string of the molecule is CC1=C(CO)C(=O)O[C@@H]([C@@H](C)C2CC[C@H]3[C@@H]4C[C@H]5O[C@@]56C(C(=O)C=C[C@@H]6O)[C@H]4CC[C@]23C)C1. The molecule has 1 spiro atoms. The molecule has 180 valence electrons. The number of rotatable bonds is 3. The third-order valence-electron chi connectivity index (χ3n) is 10.9. The summed E-state index contributed by atoms with van der Waals surface area (Å²) in [4.78, 5) is 25.4. The maximum atomic E-state index is 13.0. The summed E-state index contributed by atoms with van der Waals surface area (Å²) in [6.07, 6.45) is 8.36. The minimum atomic E-state index is -0.670. The van der Waals surface area contributed by atoms with E-state index in [-0.39, 0.29) is 53.7 Å². The van der Waals surface area contributed by atoms with E-state index in [0.717, 1.165) is 37.7 Å². The Labute approximate surface area is 195 Å². The Hall–Kier alpha value is -1.50. The number of aliphatic hydroxyl groups excluding tert-OH is 2. The number of fused-ring (bicyclic) bond motifs is 4. The minimum Gasteiger partial charge on any atom is -0.458 e. The Morgan fingerprint density at radius 2 is 2.00 bits per heavy atom. The number of allylic oxidation sites excluding steroid dienone is 1. The fourth-order valence-corrected chi connectivity index (χ4v) is 9.19. The molecule has 4 fully saturated rings. The van der Waals surface area contributed by atoms with Crippen LogP contribution >= 0.6 is 0 Å². The van der Waals surface area contributed by atoms with Gasteiger partial charge in [-0.2, -0.15) is 0 Å². The fourth-order valence-electron chi connectivity index (χ4n) is 9.19. The third kappa shape index (κ3) is 2.83. The average Bonchev–Trinajstić information content (AvgIpc) is 3.40. The second-order valence-electron chi connectivity index (χ2n) is 12.0. The summed E-state index contributed by atoms with van der Waals surface area (Å²) in [6.45, 7) is 6.35. The number of hydrogen-bond donors (Lipinski definition) is 2. The zero-order valence-corrected chi connectivity index (χ0v) is 19.8.